The van der Waals surface area contributed by atoms with Gasteiger partial charge in [0, 0.05) is 11.5 Å². The largest absolute Gasteiger partial charge is 0.181 e. The molecule has 1 aromatic carbocycles. The van der Waals surface area contributed by atoms with E-state index in [2.05, 4.69) is 86.0 Å². The summed E-state index contributed by atoms with van der Waals surface area (Å²) in [4.78, 5) is 0. The lowest BCUT2D eigenvalue weighted by molar-refractivity contribution is 1.35. The minimum Gasteiger partial charge on any atom is -0.181 e. The third-order valence-electron chi connectivity index (χ3n) is 2.37. The standard InChI is InChI=1S/C14H26S2Si2/c1-17(2,3)15-11-13-7-9-14(10-8-13)12-16-18(4,5)6/h7-10H,11-12H2,1-6H3. The smallest absolute Gasteiger partial charge is 0.108 e. The van der Waals surface area contributed by atoms with E-state index in [1.807, 2.05) is 0 Å². The van der Waals surface area contributed by atoms with E-state index in [1.54, 1.807) is 0 Å². The van der Waals surface area contributed by atoms with E-state index in [-0.39, 0.29) is 0 Å². The Bertz CT molecular complexity index is 324. The third kappa shape index (κ3) is 7.72. The molecule has 0 saturated heterocycles. The van der Waals surface area contributed by atoms with Crippen molar-refractivity contribution in [2.24, 2.45) is 0 Å². The van der Waals surface area contributed by atoms with Crippen molar-refractivity contribution in [3.8, 4) is 0 Å². The molecule has 0 aliphatic carbocycles. The highest BCUT2D eigenvalue weighted by Gasteiger charge is 2.14. The van der Waals surface area contributed by atoms with Gasteiger partial charge in [-0.1, -0.05) is 63.5 Å². The molecule has 0 unspecified atom stereocenters. The average Bonchev–Trinajstić information content (AvgIpc) is 2.23. The molecule has 4 heteroatoms. The Balaban J connectivity index is 2.48. The van der Waals surface area contributed by atoms with Crippen molar-refractivity contribution in [3.05, 3.63) is 35.4 Å². The number of rotatable bonds is 6. The fourth-order valence-electron chi connectivity index (χ4n) is 1.33. The molecule has 0 radical (unpaired) electrons. The summed E-state index contributed by atoms with van der Waals surface area (Å²) >= 11 is 4.30. The van der Waals surface area contributed by atoms with Crippen LogP contribution in [0.5, 0.6) is 0 Å². The highest BCUT2D eigenvalue weighted by molar-refractivity contribution is 8.28. The highest BCUT2D eigenvalue weighted by Crippen LogP contribution is 2.26. The first-order valence-corrected chi connectivity index (χ1v) is 16.9. The van der Waals surface area contributed by atoms with E-state index in [1.165, 1.54) is 22.6 Å². The van der Waals surface area contributed by atoms with Gasteiger partial charge >= 0.3 is 0 Å². The average molecular weight is 315 g/mol. The highest BCUT2D eigenvalue weighted by atomic mass is 32.4. The molecular weight excluding hydrogens is 288 g/mol. The lowest BCUT2D eigenvalue weighted by Gasteiger charge is -2.16. The van der Waals surface area contributed by atoms with Crippen LogP contribution < -0.4 is 0 Å². The summed E-state index contributed by atoms with van der Waals surface area (Å²) in [7, 11) is -1.95. The molecule has 0 heterocycles. The molecule has 18 heavy (non-hydrogen) atoms. The van der Waals surface area contributed by atoms with Crippen molar-refractivity contribution in [2.75, 3.05) is 0 Å². The summed E-state index contributed by atoms with van der Waals surface area (Å²) in [6.45, 7) is 14.5. The van der Waals surface area contributed by atoms with Crippen LogP contribution in [0.15, 0.2) is 24.3 Å². The van der Waals surface area contributed by atoms with E-state index >= 15 is 0 Å². The first kappa shape index (κ1) is 16.4. The second-order valence-electron chi connectivity index (χ2n) is 6.62. The summed E-state index contributed by atoms with van der Waals surface area (Å²) in [5, 5.41) is 0. The topological polar surface area (TPSA) is 0 Å². The molecule has 0 saturated carbocycles. The Kier molecular flexibility index (Phi) is 6.09. The second-order valence-corrected chi connectivity index (χ2v) is 25.3. The quantitative estimate of drug-likeness (QED) is 0.606. The van der Waals surface area contributed by atoms with Gasteiger partial charge in [-0.25, -0.2) is 0 Å². The van der Waals surface area contributed by atoms with Crippen LogP contribution in [0.2, 0.25) is 39.3 Å². The van der Waals surface area contributed by atoms with Crippen LogP contribution in [-0.2, 0) is 11.5 Å². The summed E-state index contributed by atoms with van der Waals surface area (Å²) in [5.41, 5.74) is 2.95. The Morgan fingerprint density at radius 2 is 0.944 bits per heavy atom. The minimum atomic E-state index is -0.976. The summed E-state index contributed by atoms with van der Waals surface area (Å²) in [5.74, 6) is 2.36. The monoisotopic (exact) mass is 314 g/mol. The van der Waals surface area contributed by atoms with Crippen molar-refractivity contribution < 1.29 is 0 Å². The molecule has 0 nitrogen and oxygen atoms in total. The van der Waals surface area contributed by atoms with Crippen molar-refractivity contribution >= 4 is 36.9 Å². The second kappa shape index (κ2) is 6.68. The van der Waals surface area contributed by atoms with Crippen LogP contribution >= 0.6 is 22.4 Å². The van der Waals surface area contributed by atoms with Crippen LogP contribution in [0.4, 0.5) is 0 Å². The van der Waals surface area contributed by atoms with Crippen molar-refractivity contribution in [1.29, 1.82) is 0 Å². The lowest BCUT2D eigenvalue weighted by atomic mass is 10.2. The van der Waals surface area contributed by atoms with Gasteiger partial charge in [-0.15, -0.1) is 0 Å². The summed E-state index contributed by atoms with van der Waals surface area (Å²) < 4.78 is 0. The molecule has 1 rings (SSSR count). The van der Waals surface area contributed by atoms with Crippen LogP contribution in [-0.4, -0.2) is 14.4 Å². The predicted molar refractivity (Wildman–Crippen MR) is 95.7 cm³/mol. The van der Waals surface area contributed by atoms with Crippen molar-refractivity contribution in [1.82, 2.24) is 0 Å². The van der Waals surface area contributed by atoms with Gasteiger partial charge in [0.1, 0.15) is 14.4 Å². The van der Waals surface area contributed by atoms with Gasteiger partial charge in [-0.05, 0) is 11.1 Å². The Morgan fingerprint density at radius 3 is 1.17 bits per heavy atom. The van der Waals surface area contributed by atoms with Gasteiger partial charge in [-0.2, -0.15) is 22.4 Å². The van der Waals surface area contributed by atoms with Gasteiger partial charge in [0.25, 0.3) is 0 Å². The molecule has 0 aliphatic rings. The first-order chi connectivity index (χ1) is 8.16. The van der Waals surface area contributed by atoms with Crippen molar-refractivity contribution in [2.45, 2.75) is 50.8 Å². The van der Waals surface area contributed by atoms with Gasteiger partial charge in [-0.3, -0.25) is 0 Å². The van der Waals surface area contributed by atoms with E-state index < -0.39 is 14.4 Å². The number of hydrogen-bond acceptors (Lipinski definition) is 2. The van der Waals surface area contributed by atoms with Crippen molar-refractivity contribution in [3.63, 3.8) is 0 Å². The van der Waals surface area contributed by atoms with E-state index in [9.17, 15) is 0 Å². The Morgan fingerprint density at radius 1 is 0.667 bits per heavy atom. The zero-order valence-electron chi connectivity index (χ0n) is 12.5. The maximum atomic E-state index is 2.41. The maximum absolute atomic E-state index is 2.41. The molecule has 0 aromatic heterocycles. The third-order valence-corrected chi connectivity index (χ3v) is 11.1. The molecule has 1 aromatic rings. The van der Waals surface area contributed by atoms with Gasteiger partial charge in [0.05, 0.1) is 0 Å². The van der Waals surface area contributed by atoms with E-state index in [4.69, 9.17) is 0 Å². The fourth-order valence-corrected chi connectivity index (χ4v) is 6.51. The molecule has 0 N–H and O–H groups in total. The molecule has 0 amide bonds. The summed E-state index contributed by atoms with van der Waals surface area (Å²) in [6.07, 6.45) is 0. The van der Waals surface area contributed by atoms with Crippen LogP contribution in [0.25, 0.3) is 0 Å². The van der Waals surface area contributed by atoms with Gasteiger partial charge < -0.3 is 0 Å². The van der Waals surface area contributed by atoms with E-state index in [0.29, 0.717) is 0 Å². The van der Waals surface area contributed by atoms with Crippen LogP contribution in [0, 0.1) is 0 Å². The number of hydrogen-bond donors (Lipinski definition) is 0. The fraction of sp³-hybridized carbons (Fsp3) is 0.571. The molecule has 0 fully saturated rings. The number of benzene rings is 1. The van der Waals surface area contributed by atoms with Crippen LogP contribution in [0.3, 0.4) is 0 Å². The summed E-state index contributed by atoms with van der Waals surface area (Å²) in [6, 6.07) is 9.25. The Labute approximate surface area is 123 Å². The Hall–Kier alpha value is 0.354. The normalized spacial score (nSPS) is 12.8. The molecule has 0 atom stereocenters. The molecule has 0 spiro atoms. The lowest BCUT2D eigenvalue weighted by Crippen LogP contribution is -2.14. The van der Waals surface area contributed by atoms with Gasteiger partial charge in [0.2, 0.25) is 0 Å². The molecule has 0 bridgehead atoms. The molecule has 102 valence electrons. The maximum Gasteiger partial charge on any atom is 0.108 e. The minimum absolute atomic E-state index is 0.976. The predicted octanol–water partition coefficient (Wildman–Crippen LogP) is 5.82. The van der Waals surface area contributed by atoms with Gasteiger partial charge in [0.15, 0.2) is 0 Å². The zero-order valence-corrected chi connectivity index (χ0v) is 16.2. The van der Waals surface area contributed by atoms with E-state index in [0.717, 1.165) is 0 Å². The zero-order chi connectivity index (χ0) is 13.8. The SMILES string of the molecule is C[Si](C)(C)SCc1ccc(CS[Si](C)(C)C)cc1. The van der Waals surface area contributed by atoms with Crippen LogP contribution in [0.1, 0.15) is 11.1 Å². The first-order valence-electron chi connectivity index (χ1n) is 6.51. The molecule has 0 aliphatic heterocycles. The molecular formula is C14H26S2Si2.